The highest BCUT2D eigenvalue weighted by atomic mass is 35.5. The Labute approximate surface area is 150 Å². The molecule has 0 saturated carbocycles. The first-order valence-corrected chi connectivity index (χ1v) is 8.30. The number of benzene rings is 1. The van der Waals surface area contributed by atoms with E-state index >= 15 is 0 Å². The van der Waals surface area contributed by atoms with Crippen molar-refractivity contribution < 1.29 is 23.8 Å². The van der Waals surface area contributed by atoms with Crippen molar-refractivity contribution in [3.8, 4) is 0 Å². The minimum absolute atomic E-state index is 0.216. The first-order valence-electron chi connectivity index (χ1n) is 7.92. The highest BCUT2D eigenvalue weighted by molar-refractivity contribution is 6.36. The van der Waals surface area contributed by atoms with E-state index in [9.17, 15) is 9.59 Å². The van der Waals surface area contributed by atoms with E-state index in [0.717, 1.165) is 18.8 Å². The molecule has 2 heterocycles. The summed E-state index contributed by atoms with van der Waals surface area (Å²) in [5.74, 6) is -2.75. The number of ether oxygens (including phenoxy) is 3. The fourth-order valence-electron chi connectivity index (χ4n) is 2.61. The lowest BCUT2D eigenvalue weighted by Gasteiger charge is -2.30. The minimum atomic E-state index is -1.26. The summed E-state index contributed by atoms with van der Waals surface area (Å²) in [7, 11) is 0. The molecular weight excluding hydrogens is 348 g/mol. The van der Waals surface area contributed by atoms with Crippen molar-refractivity contribution >= 4 is 34.9 Å². The van der Waals surface area contributed by atoms with Crippen molar-refractivity contribution in [1.82, 2.24) is 0 Å². The van der Waals surface area contributed by atoms with Gasteiger partial charge in [-0.1, -0.05) is 17.7 Å². The van der Waals surface area contributed by atoms with Crippen molar-refractivity contribution in [2.24, 2.45) is 0 Å². The van der Waals surface area contributed by atoms with Crippen LogP contribution in [0.15, 0.2) is 30.0 Å². The molecule has 0 bridgehead atoms. The predicted molar refractivity (Wildman–Crippen MR) is 92.5 cm³/mol. The first kappa shape index (κ1) is 17.6. The zero-order valence-corrected chi connectivity index (χ0v) is 14.8. The lowest BCUT2D eigenvalue weighted by Crippen LogP contribution is -2.42. The Hall–Kier alpha value is -2.25. The van der Waals surface area contributed by atoms with Crippen molar-refractivity contribution in [3.05, 3.63) is 35.0 Å². The topological polar surface area (TPSA) is 77.1 Å². The number of cyclic esters (lactones) is 2. The summed E-state index contributed by atoms with van der Waals surface area (Å²) >= 11 is 6.47. The summed E-state index contributed by atoms with van der Waals surface area (Å²) in [6.07, 6.45) is 1.25. The van der Waals surface area contributed by atoms with E-state index in [2.05, 4.69) is 10.2 Å². The number of esters is 2. The Kier molecular flexibility index (Phi) is 4.87. The van der Waals surface area contributed by atoms with Crippen LogP contribution in [-0.4, -0.2) is 44.0 Å². The molecular formula is C17H19ClN2O5. The second-order valence-electron chi connectivity index (χ2n) is 6.12. The smallest absolute Gasteiger partial charge is 0.350 e. The van der Waals surface area contributed by atoms with Crippen LogP contribution in [0.25, 0.3) is 0 Å². The fraction of sp³-hybridized carbons (Fsp3) is 0.412. The number of hydrogen-bond acceptors (Lipinski definition) is 7. The SMILES string of the molecule is CC1(C)OC(=O)C(=CNc2cccc(N3CCOCC3)c2Cl)C(=O)O1. The van der Waals surface area contributed by atoms with Gasteiger partial charge in [0.25, 0.3) is 5.79 Å². The van der Waals surface area contributed by atoms with Crippen LogP contribution in [0, 0.1) is 0 Å². The molecule has 2 aliphatic rings. The molecule has 2 saturated heterocycles. The third kappa shape index (κ3) is 3.88. The fourth-order valence-corrected chi connectivity index (χ4v) is 2.91. The van der Waals surface area contributed by atoms with Crippen LogP contribution < -0.4 is 10.2 Å². The molecule has 8 heteroatoms. The molecule has 0 radical (unpaired) electrons. The maximum absolute atomic E-state index is 12.0. The minimum Gasteiger partial charge on any atom is -0.419 e. The second-order valence-corrected chi connectivity index (χ2v) is 6.50. The second kappa shape index (κ2) is 6.93. The third-order valence-corrected chi connectivity index (χ3v) is 4.22. The van der Waals surface area contributed by atoms with Crippen LogP contribution in [0.1, 0.15) is 13.8 Å². The first-order chi connectivity index (χ1) is 11.9. The number of anilines is 2. The Morgan fingerprint density at radius 2 is 1.80 bits per heavy atom. The average molecular weight is 367 g/mol. The maximum Gasteiger partial charge on any atom is 0.350 e. The summed E-state index contributed by atoms with van der Waals surface area (Å²) < 4.78 is 15.4. The van der Waals surface area contributed by atoms with Gasteiger partial charge in [-0.15, -0.1) is 0 Å². The van der Waals surface area contributed by atoms with E-state index < -0.39 is 17.7 Å². The molecule has 25 heavy (non-hydrogen) atoms. The Morgan fingerprint density at radius 3 is 2.44 bits per heavy atom. The molecule has 7 nitrogen and oxygen atoms in total. The summed E-state index contributed by atoms with van der Waals surface area (Å²) in [4.78, 5) is 26.0. The number of carbonyl (C=O) groups excluding carboxylic acids is 2. The van der Waals surface area contributed by atoms with Crippen LogP contribution in [0.4, 0.5) is 11.4 Å². The molecule has 1 N–H and O–H groups in total. The molecule has 134 valence electrons. The largest absolute Gasteiger partial charge is 0.419 e. The van der Waals surface area contributed by atoms with Crippen LogP contribution in [0.5, 0.6) is 0 Å². The number of carbonyl (C=O) groups is 2. The van der Waals surface area contributed by atoms with Crippen molar-refractivity contribution in [1.29, 1.82) is 0 Å². The van der Waals surface area contributed by atoms with Gasteiger partial charge in [0.1, 0.15) is 0 Å². The van der Waals surface area contributed by atoms with Crippen molar-refractivity contribution in [2.75, 3.05) is 36.5 Å². The summed E-state index contributed by atoms with van der Waals surface area (Å²) in [6.45, 7) is 5.78. The van der Waals surface area contributed by atoms with Gasteiger partial charge in [-0.2, -0.15) is 0 Å². The maximum atomic E-state index is 12.0. The van der Waals surface area contributed by atoms with Crippen LogP contribution in [0.3, 0.4) is 0 Å². The van der Waals surface area contributed by atoms with Gasteiger partial charge >= 0.3 is 11.9 Å². The Morgan fingerprint density at radius 1 is 1.16 bits per heavy atom. The standard InChI is InChI=1S/C17H19ClN2O5/c1-17(2)24-15(21)11(16(22)25-17)10-19-12-4-3-5-13(14(12)18)20-6-8-23-9-7-20/h3-5,10,19H,6-9H2,1-2H3. The number of rotatable bonds is 3. The van der Waals surface area contributed by atoms with E-state index in [-0.39, 0.29) is 5.57 Å². The molecule has 1 aromatic carbocycles. The van der Waals surface area contributed by atoms with Gasteiger partial charge in [-0.05, 0) is 12.1 Å². The third-order valence-electron chi connectivity index (χ3n) is 3.82. The molecule has 2 fully saturated rings. The highest BCUT2D eigenvalue weighted by Crippen LogP contribution is 2.33. The number of nitrogens with zero attached hydrogens (tertiary/aromatic N) is 1. The zero-order chi connectivity index (χ0) is 18.0. The molecule has 0 atom stereocenters. The van der Waals surface area contributed by atoms with Gasteiger partial charge in [0.15, 0.2) is 5.57 Å². The van der Waals surface area contributed by atoms with Gasteiger partial charge in [0, 0.05) is 33.1 Å². The molecule has 0 amide bonds. The molecule has 0 aromatic heterocycles. The number of nitrogens with one attached hydrogen (secondary N) is 1. The number of hydrogen-bond donors (Lipinski definition) is 1. The van der Waals surface area contributed by atoms with E-state index in [0.29, 0.717) is 23.9 Å². The van der Waals surface area contributed by atoms with E-state index in [1.54, 1.807) is 6.07 Å². The summed E-state index contributed by atoms with van der Waals surface area (Å²) in [5, 5.41) is 3.40. The van der Waals surface area contributed by atoms with Crippen molar-refractivity contribution in [2.45, 2.75) is 19.6 Å². The van der Waals surface area contributed by atoms with Gasteiger partial charge < -0.3 is 24.4 Å². The van der Waals surface area contributed by atoms with Gasteiger partial charge in [0.05, 0.1) is 29.6 Å². The van der Waals surface area contributed by atoms with E-state index in [4.69, 9.17) is 25.8 Å². The van der Waals surface area contributed by atoms with Crippen LogP contribution in [-0.2, 0) is 23.8 Å². The number of halogens is 1. The normalized spacial score (nSPS) is 20.0. The quantitative estimate of drug-likeness (QED) is 0.499. The zero-order valence-electron chi connectivity index (χ0n) is 14.0. The monoisotopic (exact) mass is 366 g/mol. The molecule has 3 rings (SSSR count). The predicted octanol–water partition coefficient (Wildman–Crippen LogP) is 2.31. The Bertz CT molecular complexity index is 704. The molecule has 1 aromatic rings. The summed E-state index contributed by atoms with van der Waals surface area (Å²) in [6, 6.07) is 5.52. The molecule has 0 unspecified atom stereocenters. The number of morpholine rings is 1. The van der Waals surface area contributed by atoms with Gasteiger partial charge in [-0.3, -0.25) is 0 Å². The lowest BCUT2D eigenvalue weighted by atomic mass is 10.2. The lowest BCUT2D eigenvalue weighted by molar-refractivity contribution is -0.222. The molecule has 0 spiro atoms. The van der Waals surface area contributed by atoms with Gasteiger partial charge in [0.2, 0.25) is 0 Å². The highest BCUT2D eigenvalue weighted by Gasteiger charge is 2.39. The summed E-state index contributed by atoms with van der Waals surface area (Å²) in [5.41, 5.74) is 1.22. The molecule has 0 aliphatic carbocycles. The average Bonchev–Trinajstić information content (AvgIpc) is 2.55. The van der Waals surface area contributed by atoms with Gasteiger partial charge in [-0.25, -0.2) is 9.59 Å². The Balaban J connectivity index is 1.79. The van der Waals surface area contributed by atoms with E-state index in [1.165, 1.54) is 20.0 Å². The molecule has 2 aliphatic heterocycles. The van der Waals surface area contributed by atoms with Crippen LogP contribution >= 0.6 is 11.6 Å². The van der Waals surface area contributed by atoms with E-state index in [1.807, 2.05) is 12.1 Å². The van der Waals surface area contributed by atoms with Crippen LogP contribution in [0.2, 0.25) is 5.02 Å². The van der Waals surface area contributed by atoms with Crippen molar-refractivity contribution in [3.63, 3.8) is 0 Å².